The van der Waals surface area contributed by atoms with Crippen molar-refractivity contribution in [3.63, 3.8) is 0 Å². The lowest BCUT2D eigenvalue weighted by Crippen LogP contribution is -2.34. The van der Waals surface area contributed by atoms with Crippen molar-refractivity contribution in [3.8, 4) is 0 Å². The summed E-state index contributed by atoms with van der Waals surface area (Å²) in [4.78, 5) is 11.6. The Morgan fingerprint density at radius 2 is 2.50 bits per heavy atom. The molecule has 1 aromatic heterocycles. The molecule has 16 heavy (non-hydrogen) atoms. The van der Waals surface area contributed by atoms with Crippen LogP contribution in [0.3, 0.4) is 0 Å². The van der Waals surface area contributed by atoms with Gasteiger partial charge in [0, 0.05) is 17.5 Å². The Morgan fingerprint density at radius 3 is 3.00 bits per heavy atom. The van der Waals surface area contributed by atoms with Crippen molar-refractivity contribution in [3.05, 3.63) is 12.4 Å². The van der Waals surface area contributed by atoms with Crippen LogP contribution in [0.2, 0.25) is 0 Å². The molecule has 1 amide bonds. The second-order valence-corrected chi connectivity index (χ2v) is 5.41. The molecule has 2 rings (SSSR count). The second-order valence-electron chi connectivity index (χ2n) is 4.14. The maximum Gasteiger partial charge on any atom is 0.241 e. The summed E-state index contributed by atoms with van der Waals surface area (Å²) in [6, 6.07) is 0. The summed E-state index contributed by atoms with van der Waals surface area (Å²) < 4.78 is 1.85. The van der Waals surface area contributed by atoms with E-state index in [1.165, 1.54) is 19.0 Å². The Kier molecular flexibility index (Phi) is 3.09. The molecule has 5 nitrogen and oxygen atoms in total. The first kappa shape index (κ1) is 11.3. The summed E-state index contributed by atoms with van der Waals surface area (Å²) in [6.07, 6.45) is 7.68. The molecular weight excluding hydrogens is 224 g/mol. The molecule has 0 saturated heterocycles. The van der Waals surface area contributed by atoms with E-state index in [0.717, 1.165) is 6.54 Å². The molecule has 0 bridgehead atoms. The van der Waals surface area contributed by atoms with Crippen molar-refractivity contribution in [2.24, 2.45) is 0 Å². The third-order valence-corrected chi connectivity index (χ3v) is 4.23. The first-order valence-corrected chi connectivity index (χ1v) is 6.46. The van der Waals surface area contributed by atoms with E-state index in [0.29, 0.717) is 10.4 Å². The minimum Gasteiger partial charge on any atom is -0.396 e. The van der Waals surface area contributed by atoms with Gasteiger partial charge < -0.3 is 11.1 Å². The van der Waals surface area contributed by atoms with E-state index in [-0.39, 0.29) is 12.5 Å². The number of nitrogens with two attached hydrogens (primary N) is 1. The predicted molar refractivity (Wildman–Crippen MR) is 65.1 cm³/mol. The number of thioether (sulfide) groups is 1. The van der Waals surface area contributed by atoms with Crippen molar-refractivity contribution in [1.82, 2.24) is 15.1 Å². The smallest absolute Gasteiger partial charge is 0.241 e. The number of nitrogen functional groups attached to an aromatic ring is 1. The second kappa shape index (κ2) is 4.37. The summed E-state index contributed by atoms with van der Waals surface area (Å²) in [7, 11) is 0. The van der Waals surface area contributed by atoms with E-state index in [4.69, 9.17) is 5.73 Å². The van der Waals surface area contributed by atoms with E-state index in [1.807, 2.05) is 11.8 Å². The largest absolute Gasteiger partial charge is 0.396 e. The van der Waals surface area contributed by atoms with Gasteiger partial charge in [-0.3, -0.25) is 9.48 Å². The van der Waals surface area contributed by atoms with E-state index < -0.39 is 0 Å². The molecule has 1 aliphatic rings. The highest BCUT2D eigenvalue weighted by atomic mass is 32.2. The molecule has 0 aliphatic heterocycles. The van der Waals surface area contributed by atoms with Gasteiger partial charge in [-0.1, -0.05) is 0 Å². The van der Waals surface area contributed by atoms with Crippen LogP contribution in [0, 0.1) is 0 Å². The van der Waals surface area contributed by atoms with Crippen LogP contribution in [0.5, 0.6) is 0 Å². The highest BCUT2D eigenvalue weighted by Gasteiger charge is 2.41. The van der Waals surface area contributed by atoms with Gasteiger partial charge in [-0.05, 0) is 19.1 Å². The Morgan fingerprint density at radius 1 is 1.75 bits per heavy atom. The zero-order valence-electron chi connectivity index (χ0n) is 9.27. The monoisotopic (exact) mass is 240 g/mol. The van der Waals surface area contributed by atoms with Gasteiger partial charge in [0.2, 0.25) is 5.91 Å². The van der Waals surface area contributed by atoms with Crippen molar-refractivity contribution in [1.29, 1.82) is 0 Å². The van der Waals surface area contributed by atoms with Crippen molar-refractivity contribution in [2.75, 3.05) is 18.5 Å². The fraction of sp³-hybridized carbons (Fsp3) is 0.600. The molecule has 0 atom stereocenters. The minimum atomic E-state index is -0.0107. The first-order valence-electron chi connectivity index (χ1n) is 5.23. The molecule has 0 spiro atoms. The Hall–Kier alpha value is -1.17. The van der Waals surface area contributed by atoms with Crippen LogP contribution in [0.15, 0.2) is 12.4 Å². The highest BCUT2D eigenvalue weighted by Crippen LogP contribution is 2.46. The number of aromatic nitrogens is 2. The maximum atomic E-state index is 11.6. The average molecular weight is 240 g/mol. The standard InChI is InChI=1S/C10H16N4OS/c1-16-10(2-3-10)7-12-9(15)6-14-5-8(11)4-13-14/h4-5H,2-3,6-7,11H2,1H3,(H,12,15). The number of hydrogen-bond acceptors (Lipinski definition) is 4. The van der Waals surface area contributed by atoms with Gasteiger partial charge in [-0.25, -0.2) is 0 Å². The zero-order chi connectivity index (χ0) is 11.6. The number of nitrogens with zero attached hydrogens (tertiary/aromatic N) is 2. The molecule has 0 radical (unpaired) electrons. The topological polar surface area (TPSA) is 72.9 Å². The normalized spacial score (nSPS) is 17.1. The number of hydrogen-bond donors (Lipinski definition) is 2. The first-order chi connectivity index (χ1) is 7.63. The van der Waals surface area contributed by atoms with Crippen LogP contribution in [0.4, 0.5) is 5.69 Å². The number of rotatable bonds is 5. The lowest BCUT2D eigenvalue weighted by atomic mass is 10.4. The lowest BCUT2D eigenvalue weighted by molar-refractivity contribution is -0.121. The summed E-state index contributed by atoms with van der Waals surface area (Å²) >= 11 is 1.83. The van der Waals surface area contributed by atoms with Crippen LogP contribution < -0.4 is 11.1 Å². The SMILES string of the molecule is CSC1(CNC(=O)Cn2cc(N)cn2)CC1. The van der Waals surface area contributed by atoms with Gasteiger partial charge in [-0.15, -0.1) is 0 Å². The quantitative estimate of drug-likeness (QED) is 0.785. The summed E-state index contributed by atoms with van der Waals surface area (Å²) in [5, 5.41) is 6.89. The van der Waals surface area contributed by atoms with Gasteiger partial charge in [0.15, 0.2) is 0 Å². The van der Waals surface area contributed by atoms with Gasteiger partial charge in [-0.2, -0.15) is 16.9 Å². The number of amides is 1. The average Bonchev–Trinajstić information content (AvgIpc) is 2.95. The molecule has 1 saturated carbocycles. The molecule has 1 aliphatic carbocycles. The zero-order valence-corrected chi connectivity index (χ0v) is 10.1. The molecule has 1 heterocycles. The van der Waals surface area contributed by atoms with Gasteiger partial charge in [0.25, 0.3) is 0 Å². The predicted octanol–water partition coefficient (Wildman–Crippen LogP) is 0.477. The summed E-state index contributed by atoms with van der Waals surface area (Å²) in [5.74, 6) is -0.0107. The summed E-state index contributed by atoms with van der Waals surface area (Å²) in [6.45, 7) is 0.991. The van der Waals surface area contributed by atoms with Crippen LogP contribution in [0.25, 0.3) is 0 Å². The third-order valence-electron chi connectivity index (χ3n) is 2.81. The van der Waals surface area contributed by atoms with Gasteiger partial charge in [0.05, 0.1) is 11.9 Å². The lowest BCUT2D eigenvalue weighted by Gasteiger charge is -2.12. The molecule has 3 N–H and O–H groups in total. The van der Waals surface area contributed by atoms with Gasteiger partial charge >= 0.3 is 0 Å². The fourth-order valence-electron chi connectivity index (χ4n) is 1.52. The van der Waals surface area contributed by atoms with Crippen LogP contribution in [-0.4, -0.2) is 33.2 Å². The van der Waals surface area contributed by atoms with Crippen molar-refractivity contribution in [2.45, 2.75) is 24.1 Å². The molecule has 0 unspecified atom stereocenters. The molecule has 1 aromatic rings. The maximum absolute atomic E-state index is 11.6. The molecule has 1 fully saturated rings. The summed E-state index contributed by atoms with van der Waals surface area (Å²) in [5.41, 5.74) is 6.09. The molecule has 6 heteroatoms. The third kappa shape index (κ3) is 2.69. The minimum absolute atomic E-state index is 0.0107. The number of anilines is 1. The number of carbonyl (C=O) groups excluding carboxylic acids is 1. The number of nitrogens with one attached hydrogen (secondary N) is 1. The number of carbonyl (C=O) groups is 1. The van der Waals surface area contributed by atoms with Crippen molar-refractivity contribution < 1.29 is 4.79 Å². The molecular formula is C10H16N4OS. The Bertz CT molecular complexity index is 386. The van der Waals surface area contributed by atoms with E-state index in [2.05, 4.69) is 16.7 Å². The van der Waals surface area contributed by atoms with Crippen molar-refractivity contribution >= 4 is 23.4 Å². The van der Waals surface area contributed by atoms with Crippen LogP contribution in [-0.2, 0) is 11.3 Å². The van der Waals surface area contributed by atoms with Crippen LogP contribution >= 0.6 is 11.8 Å². The van der Waals surface area contributed by atoms with E-state index in [9.17, 15) is 4.79 Å². The van der Waals surface area contributed by atoms with Crippen LogP contribution in [0.1, 0.15) is 12.8 Å². The van der Waals surface area contributed by atoms with E-state index >= 15 is 0 Å². The Labute approximate surface area is 98.8 Å². The van der Waals surface area contributed by atoms with E-state index in [1.54, 1.807) is 10.9 Å². The fourth-order valence-corrected chi connectivity index (χ4v) is 2.25. The molecule has 88 valence electrons. The molecule has 0 aromatic carbocycles. The Balaban J connectivity index is 1.76. The van der Waals surface area contributed by atoms with Gasteiger partial charge in [0.1, 0.15) is 6.54 Å². The highest BCUT2D eigenvalue weighted by molar-refractivity contribution is 8.00.